The molecule has 0 spiro atoms. The van der Waals surface area contributed by atoms with E-state index in [9.17, 15) is 5.11 Å². The van der Waals surface area contributed by atoms with Gasteiger partial charge in [0.05, 0.1) is 19.3 Å². The fourth-order valence-electron chi connectivity index (χ4n) is 3.24. The van der Waals surface area contributed by atoms with Crippen LogP contribution in [0.4, 0.5) is 5.69 Å². The molecule has 116 valence electrons. The van der Waals surface area contributed by atoms with Gasteiger partial charge in [0, 0.05) is 31.4 Å². The van der Waals surface area contributed by atoms with Crippen molar-refractivity contribution in [1.29, 1.82) is 0 Å². The lowest BCUT2D eigenvalue weighted by Gasteiger charge is -2.29. The normalized spacial score (nSPS) is 26.8. The minimum absolute atomic E-state index is 0.175. The summed E-state index contributed by atoms with van der Waals surface area (Å²) in [5.41, 5.74) is 2.56. The highest BCUT2D eigenvalue weighted by Crippen LogP contribution is 2.20. The number of aliphatic hydroxyl groups is 1. The van der Waals surface area contributed by atoms with Crippen molar-refractivity contribution < 1.29 is 9.84 Å². The van der Waals surface area contributed by atoms with Crippen LogP contribution in [0.15, 0.2) is 24.3 Å². The van der Waals surface area contributed by atoms with Crippen LogP contribution in [0.25, 0.3) is 0 Å². The van der Waals surface area contributed by atoms with Crippen molar-refractivity contribution in [1.82, 2.24) is 5.32 Å². The van der Waals surface area contributed by atoms with Crippen LogP contribution in [0, 0.1) is 0 Å². The van der Waals surface area contributed by atoms with Crippen molar-refractivity contribution in [2.24, 2.45) is 0 Å². The van der Waals surface area contributed by atoms with E-state index in [1.807, 2.05) is 0 Å². The Bertz CT molecular complexity index is 429. The number of morpholine rings is 1. The maximum Gasteiger partial charge on any atom is 0.0693 e. The van der Waals surface area contributed by atoms with Gasteiger partial charge >= 0.3 is 0 Å². The fraction of sp³-hybridized carbons (Fsp3) is 0.647. The van der Waals surface area contributed by atoms with Gasteiger partial charge in [-0.25, -0.2) is 0 Å². The minimum Gasteiger partial charge on any atom is -0.392 e. The Morgan fingerprint density at radius 3 is 2.52 bits per heavy atom. The van der Waals surface area contributed by atoms with E-state index in [2.05, 4.69) is 34.5 Å². The standard InChI is InChI=1S/C17H26N2O2/c20-17-4-2-1-3-16(17)18-13-14-5-7-15(8-6-14)19-9-11-21-12-10-19/h5-8,16-18,20H,1-4,9-13H2/t16-,17+/m1/s1. The van der Waals surface area contributed by atoms with Gasteiger partial charge in [-0.1, -0.05) is 25.0 Å². The number of benzene rings is 1. The van der Waals surface area contributed by atoms with E-state index >= 15 is 0 Å². The lowest BCUT2D eigenvalue weighted by molar-refractivity contribution is 0.0902. The molecule has 21 heavy (non-hydrogen) atoms. The topological polar surface area (TPSA) is 44.7 Å². The summed E-state index contributed by atoms with van der Waals surface area (Å²) in [5, 5.41) is 13.5. The predicted molar refractivity (Wildman–Crippen MR) is 84.6 cm³/mol. The van der Waals surface area contributed by atoms with Crippen molar-refractivity contribution in [2.75, 3.05) is 31.2 Å². The Labute approximate surface area is 127 Å². The van der Waals surface area contributed by atoms with Crippen LogP contribution in [-0.4, -0.2) is 43.6 Å². The van der Waals surface area contributed by atoms with Crippen LogP contribution in [0.3, 0.4) is 0 Å². The number of anilines is 1. The van der Waals surface area contributed by atoms with Crippen LogP contribution < -0.4 is 10.2 Å². The maximum atomic E-state index is 9.98. The predicted octanol–water partition coefficient (Wildman–Crippen LogP) is 1.92. The number of ether oxygens (including phenoxy) is 1. The summed E-state index contributed by atoms with van der Waals surface area (Å²) in [4.78, 5) is 2.37. The molecule has 1 saturated heterocycles. The molecule has 2 N–H and O–H groups in total. The molecule has 2 aliphatic rings. The molecule has 0 aromatic heterocycles. The Morgan fingerprint density at radius 2 is 1.81 bits per heavy atom. The van der Waals surface area contributed by atoms with Gasteiger partial charge in [0.25, 0.3) is 0 Å². The van der Waals surface area contributed by atoms with Crippen molar-refractivity contribution in [3.63, 3.8) is 0 Å². The van der Waals surface area contributed by atoms with Gasteiger partial charge in [-0.15, -0.1) is 0 Å². The zero-order valence-electron chi connectivity index (χ0n) is 12.6. The zero-order chi connectivity index (χ0) is 14.5. The molecule has 1 aliphatic heterocycles. The summed E-state index contributed by atoms with van der Waals surface area (Å²) in [6.45, 7) is 4.44. The summed E-state index contributed by atoms with van der Waals surface area (Å²) < 4.78 is 5.39. The summed E-state index contributed by atoms with van der Waals surface area (Å²) in [6.07, 6.45) is 4.24. The van der Waals surface area contributed by atoms with Crippen LogP contribution in [-0.2, 0) is 11.3 Å². The van der Waals surface area contributed by atoms with Crippen LogP contribution in [0.1, 0.15) is 31.2 Å². The molecule has 2 fully saturated rings. The summed E-state index contributed by atoms with van der Waals surface area (Å²) in [5.74, 6) is 0. The van der Waals surface area contributed by atoms with E-state index < -0.39 is 0 Å². The molecular weight excluding hydrogens is 264 g/mol. The third kappa shape index (κ3) is 3.96. The van der Waals surface area contributed by atoms with Gasteiger partial charge in [-0.3, -0.25) is 0 Å². The largest absolute Gasteiger partial charge is 0.392 e. The fourth-order valence-corrected chi connectivity index (χ4v) is 3.24. The summed E-state index contributed by atoms with van der Waals surface area (Å²) in [7, 11) is 0. The van der Waals surface area contributed by atoms with Gasteiger partial charge < -0.3 is 20.1 Å². The van der Waals surface area contributed by atoms with E-state index in [1.54, 1.807) is 0 Å². The Hall–Kier alpha value is -1.10. The Kier molecular flexibility index (Phi) is 5.12. The average molecular weight is 290 g/mol. The maximum absolute atomic E-state index is 9.98. The third-order valence-corrected chi connectivity index (χ3v) is 4.61. The van der Waals surface area contributed by atoms with Crippen molar-refractivity contribution in [3.05, 3.63) is 29.8 Å². The molecule has 0 radical (unpaired) electrons. The van der Waals surface area contributed by atoms with Crippen molar-refractivity contribution >= 4 is 5.69 Å². The molecule has 0 unspecified atom stereocenters. The van der Waals surface area contributed by atoms with Crippen molar-refractivity contribution in [3.8, 4) is 0 Å². The van der Waals surface area contributed by atoms with Gasteiger partial charge in [0.15, 0.2) is 0 Å². The van der Waals surface area contributed by atoms with Crippen LogP contribution >= 0.6 is 0 Å². The molecule has 1 aliphatic carbocycles. The Balaban J connectivity index is 1.52. The second-order valence-corrected chi connectivity index (χ2v) is 6.11. The molecule has 4 heteroatoms. The third-order valence-electron chi connectivity index (χ3n) is 4.61. The quantitative estimate of drug-likeness (QED) is 0.889. The van der Waals surface area contributed by atoms with Gasteiger partial charge in [-0.05, 0) is 30.5 Å². The molecule has 4 nitrogen and oxygen atoms in total. The highest BCUT2D eigenvalue weighted by Gasteiger charge is 2.22. The number of rotatable bonds is 4. The van der Waals surface area contributed by atoms with Crippen LogP contribution in [0.5, 0.6) is 0 Å². The first-order chi connectivity index (χ1) is 10.3. The lowest BCUT2D eigenvalue weighted by Crippen LogP contribution is -2.41. The number of nitrogens with zero attached hydrogens (tertiary/aromatic N) is 1. The zero-order valence-corrected chi connectivity index (χ0v) is 12.6. The van der Waals surface area contributed by atoms with Gasteiger partial charge in [0.1, 0.15) is 0 Å². The summed E-state index contributed by atoms with van der Waals surface area (Å²) in [6, 6.07) is 9.02. The molecule has 0 amide bonds. The Morgan fingerprint density at radius 1 is 1.10 bits per heavy atom. The highest BCUT2D eigenvalue weighted by atomic mass is 16.5. The highest BCUT2D eigenvalue weighted by molar-refractivity contribution is 5.47. The molecule has 0 bridgehead atoms. The molecule has 1 saturated carbocycles. The molecule has 1 aromatic carbocycles. The summed E-state index contributed by atoms with van der Waals surface area (Å²) >= 11 is 0. The number of nitrogens with one attached hydrogen (secondary N) is 1. The monoisotopic (exact) mass is 290 g/mol. The average Bonchev–Trinajstić information content (AvgIpc) is 2.55. The minimum atomic E-state index is -0.175. The number of hydrogen-bond donors (Lipinski definition) is 2. The first-order valence-electron chi connectivity index (χ1n) is 8.16. The molecule has 2 atom stereocenters. The molecule has 3 rings (SSSR count). The number of aliphatic hydroxyl groups excluding tert-OH is 1. The van der Waals surface area contributed by atoms with Crippen LogP contribution in [0.2, 0.25) is 0 Å². The lowest BCUT2D eigenvalue weighted by atomic mass is 9.92. The van der Waals surface area contributed by atoms with E-state index in [-0.39, 0.29) is 12.1 Å². The van der Waals surface area contributed by atoms with Gasteiger partial charge in [0.2, 0.25) is 0 Å². The smallest absolute Gasteiger partial charge is 0.0693 e. The first kappa shape index (κ1) is 14.8. The second-order valence-electron chi connectivity index (χ2n) is 6.11. The van der Waals surface area contributed by atoms with E-state index in [0.29, 0.717) is 0 Å². The molecule has 1 aromatic rings. The van der Waals surface area contributed by atoms with E-state index in [4.69, 9.17) is 4.74 Å². The number of hydrogen-bond acceptors (Lipinski definition) is 4. The first-order valence-corrected chi connectivity index (χ1v) is 8.16. The van der Waals surface area contributed by atoms with Crippen molar-refractivity contribution in [2.45, 2.75) is 44.4 Å². The van der Waals surface area contributed by atoms with E-state index in [1.165, 1.54) is 17.7 Å². The molecule has 1 heterocycles. The SMILES string of the molecule is O[C@H]1CCCC[C@H]1NCc1ccc(N2CCOCC2)cc1. The van der Waals surface area contributed by atoms with Gasteiger partial charge in [-0.2, -0.15) is 0 Å². The van der Waals surface area contributed by atoms with E-state index in [0.717, 1.165) is 52.1 Å². The second kappa shape index (κ2) is 7.25. The molecular formula is C17H26N2O2.